The quantitative estimate of drug-likeness (QED) is 0.148. The van der Waals surface area contributed by atoms with Crippen LogP contribution in [0.2, 0.25) is 0 Å². The highest BCUT2D eigenvalue weighted by atomic mass is 14.0. The van der Waals surface area contributed by atoms with E-state index in [0.29, 0.717) is 0 Å². The normalized spacial score (nSPS) is 12.3. The Morgan fingerprint density at radius 2 is 0.815 bits per heavy atom. The molecule has 1 radical (unpaired) electrons. The molecule has 0 nitrogen and oxygen atoms in total. The molecule has 0 saturated heterocycles. The summed E-state index contributed by atoms with van der Waals surface area (Å²) in [5.74, 6) is 0. The molecular weight excluding hydrogens is 324 g/mol. The maximum atomic E-state index is 5.25. The van der Waals surface area contributed by atoms with Gasteiger partial charge in [0.25, 0.3) is 0 Å². The van der Waals surface area contributed by atoms with E-state index < -0.39 is 0 Å². The van der Waals surface area contributed by atoms with Crippen molar-refractivity contribution in [3.63, 3.8) is 0 Å². The van der Waals surface area contributed by atoms with Crippen LogP contribution in [0, 0.1) is 6.58 Å². The standard InChI is InChI=1S/C27H45/c1-3-5-7-9-11-13-15-17-19-21-23-25-27-26-24-22-20-18-16-14-12-10-8-6-4-2/h1,3,5,7,9,11,13,15,17,19H,4,6,8,10,12,14,16,18,20-27H2,2H3. The minimum atomic E-state index is 1.20. The first-order valence-corrected chi connectivity index (χ1v) is 11.6. The average Bonchev–Trinajstić information content (AvgIpc) is 2.68. The molecule has 0 rings (SSSR count). The average molecular weight is 370 g/mol. The largest absolute Gasteiger partial charge is 0.0845 e. The van der Waals surface area contributed by atoms with E-state index in [9.17, 15) is 0 Å². The molecule has 0 atom stereocenters. The first-order chi connectivity index (χ1) is 13.4. The van der Waals surface area contributed by atoms with Crippen molar-refractivity contribution in [3.8, 4) is 0 Å². The van der Waals surface area contributed by atoms with Gasteiger partial charge in [0, 0.05) is 0 Å². The topological polar surface area (TPSA) is 0 Å². The van der Waals surface area contributed by atoms with Gasteiger partial charge in [0.15, 0.2) is 0 Å². The number of hydrogen-bond acceptors (Lipinski definition) is 0. The van der Waals surface area contributed by atoms with Gasteiger partial charge in [-0.3, -0.25) is 0 Å². The van der Waals surface area contributed by atoms with Crippen LogP contribution < -0.4 is 0 Å². The smallest absolute Gasteiger partial charge is 0.0348 e. The Bertz CT molecular complexity index is 394. The highest BCUT2D eigenvalue weighted by molar-refractivity contribution is 5.16. The van der Waals surface area contributed by atoms with Gasteiger partial charge in [0.05, 0.1) is 0 Å². The summed E-state index contributed by atoms with van der Waals surface area (Å²) in [5, 5.41) is 0. The van der Waals surface area contributed by atoms with Crippen LogP contribution >= 0.6 is 0 Å². The van der Waals surface area contributed by atoms with Crippen LogP contribution in [0.1, 0.15) is 110 Å². The van der Waals surface area contributed by atoms with Gasteiger partial charge in [0.1, 0.15) is 0 Å². The monoisotopic (exact) mass is 369 g/mol. The summed E-state index contributed by atoms with van der Waals surface area (Å²) < 4.78 is 0. The Labute approximate surface area is 171 Å². The summed E-state index contributed by atoms with van der Waals surface area (Å²) >= 11 is 0. The number of rotatable bonds is 20. The fourth-order valence-electron chi connectivity index (χ4n) is 3.19. The molecular formula is C27H45. The van der Waals surface area contributed by atoms with Gasteiger partial charge in [0.2, 0.25) is 0 Å². The zero-order chi connectivity index (χ0) is 19.7. The Morgan fingerprint density at radius 3 is 1.26 bits per heavy atom. The zero-order valence-corrected chi connectivity index (χ0v) is 18.1. The van der Waals surface area contributed by atoms with E-state index in [1.54, 1.807) is 0 Å². The fraction of sp³-hybridized carbons (Fsp3) is 0.630. The third-order valence-electron chi connectivity index (χ3n) is 4.89. The summed E-state index contributed by atoms with van der Waals surface area (Å²) in [7, 11) is 0. The lowest BCUT2D eigenvalue weighted by atomic mass is 10.0. The minimum Gasteiger partial charge on any atom is -0.0845 e. The van der Waals surface area contributed by atoms with E-state index in [1.807, 2.05) is 30.4 Å². The second kappa shape index (κ2) is 24.7. The van der Waals surface area contributed by atoms with Crippen LogP contribution in [0.4, 0.5) is 0 Å². The summed E-state index contributed by atoms with van der Waals surface area (Å²) in [6, 6.07) is 0. The van der Waals surface area contributed by atoms with Gasteiger partial charge in [-0.1, -0.05) is 158 Å². The van der Waals surface area contributed by atoms with Crippen molar-refractivity contribution in [2.45, 2.75) is 110 Å². The molecule has 153 valence electrons. The summed E-state index contributed by atoms with van der Waals surface area (Å²) in [6.45, 7) is 7.54. The molecule has 0 aliphatic rings. The molecule has 27 heavy (non-hydrogen) atoms. The van der Waals surface area contributed by atoms with Crippen molar-refractivity contribution in [2.24, 2.45) is 0 Å². The zero-order valence-electron chi connectivity index (χ0n) is 18.1. The van der Waals surface area contributed by atoms with Gasteiger partial charge in [-0.05, 0) is 12.8 Å². The number of unbranched alkanes of at least 4 members (excludes halogenated alkanes) is 15. The van der Waals surface area contributed by atoms with Crippen LogP contribution in [0.15, 0.2) is 54.7 Å². The van der Waals surface area contributed by atoms with Gasteiger partial charge in [-0.15, -0.1) is 0 Å². The van der Waals surface area contributed by atoms with Crippen molar-refractivity contribution >= 4 is 0 Å². The van der Waals surface area contributed by atoms with E-state index >= 15 is 0 Å². The molecule has 0 saturated carbocycles. The van der Waals surface area contributed by atoms with Crippen LogP contribution in [0.5, 0.6) is 0 Å². The molecule has 0 aromatic rings. The second-order valence-electron chi connectivity index (χ2n) is 7.51. The molecule has 0 spiro atoms. The van der Waals surface area contributed by atoms with E-state index in [2.05, 4.69) is 25.2 Å². The van der Waals surface area contributed by atoms with E-state index in [4.69, 9.17) is 6.58 Å². The molecule has 0 heteroatoms. The van der Waals surface area contributed by atoms with E-state index in [-0.39, 0.29) is 0 Å². The highest BCUT2D eigenvalue weighted by Gasteiger charge is 1.94. The molecule has 0 aliphatic carbocycles. The van der Waals surface area contributed by atoms with Crippen molar-refractivity contribution in [1.82, 2.24) is 0 Å². The summed E-state index contributed by atoms with van der Waals surface area (Å²) in [5.41, 5.74) is 0. The van der Waals surface area contributed by atoms with Crippen LogP contribution in [0.3, 0.4) is 0 Å². The van der Waals surface area contributed by atoms with Crippen LogP contribution in [0.25, 0.3) is 0 Å². The molecule has 0 aromatic heterocycles. The van der Waals surface area contributed by atoms with Crippen molar-refractivity contribution < 1.29 is 0 Å². The summed E-state index contributed by atoms with van der Waals surface area (Å²) in [6.07, 6.45) is 40.5. The Kier molecular flexibility index (Phi) is 23.5. The molecule has 0 amide bonds. The Hall–Kier alpha value is -1.30. The molecule has 0 aliphatic heterocycles. The van der Waals surface area contributed by atoms with E-state index in [0.717, 1.165) is 0 Å². The lowest BCUT2D eigenvalue weighted by Gasteiger charge is -2.03. The van der Waals surface area contributed by atoms with Gasteiger partial charge in [-0.25, -0.2) is 0 Å². The Morgan fingerprint density at radius 1 is 0.444 bits per heavy atom. The van der Waals surface area contributed by atoms with Crippen molar-refractivity contribution in [1.29, 1.82) is 0 Å². The van der Waals surface area contributed by atoms with Gasteiger partial charge < -0.3 is 0 Å². The fourth-order valence-corrected chi connectivity index (χ4v) is 3.19. The van der Waals surface area contributed by atoms with Crippen LogP contribution in [-0.4, -0.2) is 0 Å². The minimum absolute atomic E-state index is 1.20. The molecule has 0 N–H and O–H groups in total. The first-order valence-electron chi connectivity index (χ1n) is 11.6. The van der Waals surface area contributed by atoms with Gasteiger partial charge >= 0.3 is 0 Å². The number of hydrogen-bond donors (Lipinski definition) is 0. The van der Waals surface area contributed by atoms with Crippen molar-refractivity contribution in [3.05, 3.63) is 61.3 Å². The second-order valence-corrected chi connectivity index (χ2v) is 7.51. The third kappa shape index (κ3) is 24.7. The maximum Gasteiger partial charge on any atom is -0.0348 e. The third-order valence-corrected chi connectivity index (χ3v) is 4.89. The molecule has 0 unspecified atom stereocenters. The molecule has 0 bridgehead atoms. The van der Waals surface area contributed by atoms with Gasteiger partial charge in [-0.2, -0.15) is 0 Å². The predicted octanol–water partition coefficient (Wildman–Crippen LogP) is 9.46. The molecule has 0 fully saturated rings. The van der Waals surface area contributed by atoms with E-state index in [1.165, 1.54) is 109 Å². The lowest BCUT2D eigenvalue weighted by Crippen LogP contribution is -1.83. The lowest BCUT2D eigenvalue weighted by molar-refractivity contribution is 0.533. The Balaban J connectivity index is 3.19. The van der Waals surface area contributed by atoms with Crippen molar-refractivity contribution in [2.75, 3.05) is 0 Å². The molecule has 0 heterocycles. The number of allylic oxidation sites excluding steroid dienone is 9. The predicted molar refractivity (Wildman–Crippen MR) is 125 cm³/mol. The summed E-state index contributed by atoms with van der Waals surface area (Å²) in [4.78, 5) is 0. The maximum absolute atomic E-state index is 5.25. The van der Waals surface area contributed by atoms with Crippen LogP contribution in [-0.2, 0) is 0 Å². The highest BCUT2D eigenvalue weighted by Crippen LogP contribution is 2.13. The SMILES string of the molecule is [CH]=CC=CC=CC=CC=CCCCCCCCCCCCCCCCCC. The molecule has 0 aromatic carbocycles. The first kappa shape index (κ1) is 25.7.